The van der Waals surface area contributed by atoms with E-state index in [0.717, 1.165) is 0 Å². The maximum Gasteiger partial charge on any atom is 0.417 e. The molecule has 0 aromatic heterocycles. The fourth-order valence-electron chi connectivity index (χ4n) is 2.73. The van der Waals surface area contributed by atoms with Crippen LogP contribution >= 0.6 is 0 Å². The monoisotopic (exact) mass is 347 g/mol. The maximum atomic E-state index is 12.6. The first-order valence-corrected chi connectivity index (χ1v) is 7.39. The average Bonchev–Trinajstić information content (AvgIpc) is 2.47. The Bertz CT molecular complexity index is 610. The van der Waals surface area contributed by atoms with Gasteiger partial charge in [0.1, 0.15) is 5.75 Å². The van der Waals surface area contributed by atoms with Crippen molar-refractivity contribution in [3.05, 3.63) is 23.8 Å². The zero-order valence-corrected chi connectivity index (χ0v) is 13.7. The van der Waals surface area contributed by atoms with Crippen LogP contribution in [0.2, 0.25) is 0 Å². The molecule has 134 valence electrons. The number of nitrogens with zero attached hydrogens (tertiary/aromatic N) is 1. The number of carbonyl (C=O) groups is 1. The maximum absolute atomic E-state index is 12.6. The summed E-state index contributed by atoms with van der Waals surface area (Å²) < 4.78 is 47.9. The first-order chi connectivity index (χ1) is 11.1. The van der Waals surface area contributed by atoms with Crippen LogP contribution in [0, 0.1) is 5.92 Å². The number of aliphatic hydroxyl groups is 1. The smallest absolute Gasteiger partial charge is 0.417 e. The molecule has 0 saturated heterocycles. The van der Waals surface area contributed by atoms with Gasteiger partial charge in [-0.05, 0) is 37.0 Å². The summed E-state index contributed by atoms with van der Waals surface area (Å²) in [5.74, 6) is -0.547. The number of benzene rings is 1. The molecule has 5 nitrogen and oxygen atoms in total. The highest BCUT2D eigenvalue weighted by molar-refractivity contribution is 5.96. The summed E-state index contributed by atoms with van der Waals surface area (Å²) >= 11 is 0. The lowest BCUT2D eigenvalue weighted by Gasteiger charge is -2.44. The highest BCUT2D eigenvalue weighted by Gasteiger charge is 2.61. The molecule has 1 aromatic rings. The lowest BCUT2D eigenvalue weighted by molar-refractivity contribution is -0.300. The van der Waals surface area contributed by atoms with E-state index in [4.69, 9.17) is 9.47 Å². The van der Waals surface area contributed by atoms with Gasteiger partial charge in [-0.3, -0.25) is 0 Å². The molecule has 0 spiro atoms. The van der Waals surface area contributed by atoms with Crippen molar-refractivity contribution in [3.63, 3.8) is 0 Å². The predicted molar refractivity (Wildman–Crippen MR) is 81.3 cm³/mol. The summed E-state index contributed by atoms with van der Waals surface area (Å²) in [6.45, 7) is 0.0420. The summed E-state index contributed by atoms with van der Waals surface area (Å²) in [7, 11) is 4.81. The minimum absolute atomic E-state index is 0.0420. The Morgan fingerprint density at radius 2 is 2.00 bits per heavy atom. The predicted octanol–water partition coefficient (Wildman–Crippen LogP) is 2.62. The molecule has 1 aromatic carbocycles. The van der Waals surface area contributed by atoms with Crippen molar-refractivity contribution in [1.82, 2.24) is 0 Å². The third-order valence-electron chi connectivity index (χ3n) is 4.12. The quantitative estimate of drug-likeness (QED) is 0.830. The zero-order valence-electron chi connectivity index (χ0n) is 13.7. The van der Waals surface area contributed by atoms with Crippen LogP contribution in [0.5, 0.6) is 5.75 Å². The number of methoxy groups -OCH3 is 1. The number of esters is 1. The second-order valence-corrected chi connectivity index (χ2v) is 6.18. The van der Waals surface area contributed by atoms with Gasteiger partial charge in [0.05, 0.1) is 25.0 Å². The third kappa shape index (κ3) is 3.58. The topological polar surface area (TPSA) is 59.0 Å². The molecule has 2 rings (SSSR count). The van der Waals surface area contributed by atoms with Crippen LogP contribution in [0.3, 0.4) is 0 Å². The Labute approximate surface area is 138 Å². The second kappa shape index (κ2) is 6.51. The molecule has 24 heavy (non-hydrogen) atoms. The van der Waals surface area contributed by atoms with Gasteiger partial charge in [-0.1, -0.05) is 0 Å². The van der Waals surface area contributed by atoms with E-state index in [9.17, 15) is 23.1 Å². The summed E-state index contributed by atoms with van der Waals surface area (Å²) in [5, 5.41) is 9.41. The van der Waals surface area contributed by atoms with Crippen molar-refractivity contribution in [3.8, 4) is 5.75 Å². The Hall–Kier alpha value is -1.96. The average molecular weight is 347 g/mol. The van der Waals surface area contributed by atoms with Crippen molar-refractivity contribution in [2.45, 2.75) is 24.6 Å². The Kier molecular flexibility index (Phi) is 4.98. The van der Waals surface area contributed by atoms with E-state index in [1.54, 1.807) is 31.1 Å². The molecule has 1 aliphatic rings. The standard InChI is InChI=1S/C16H20F3NO4/c1-20(2)13-5-4-11(6-12(13)14(21)23-3)24-9-10-7-15(22,8-10)16(17,18)19/h4-6,10,22H,7-9H2,1-3H3. The van der Waals surface area contributed by atoms with Crippen LogP contribution in [0.1, 0.15) is 23.2 Å². The van der Waals surface area contributed by atoms with E-state index >= 15 is 0 Å². The fourth-order valence-corrected chi connectivity index (χ4v) is 2.73. The zero-order chi connectivity index (χ0) is 18.1. The van der Waals surface area contributed by atoms with Crippen molar-refractivity contribution in [2.24, 2.45) is 5.92 Å². The van der Waals surface area contributed by atoms with Gasteiger partial charge in [0.2, 0.25) is 0 Å². The highest BCUT2D eigenvalue weighted by Crippen LogP contribution is 2.48. The fraction of sp³-hybridized carbons (Fsp3) is 0.562. The van der Waals surface area contributed by atoms with Crippen LogP contribution in [0.4, 0.5) is 18.9 Å². The van der Waals surface area contributed by atoms with Gasteiger partial charge < -0.3 is 19.5 Å². The molecule has 0 bridgehead atoms. The number of hydrogen-bond donors (Lipinski definition) is 1. The summed E-state index contributed by atoms with van der Waals surface area (Å²) in [4.78, 5) is 13.6. The number of ether oxygens (including phenoxy) is 2. The van der Waals surface area contributed by atoms with Gasteiger partial charge in [0.25, 0.3) is 0 Å². The van der Waals surface area contributed by atoms with Crippen molar-refractivity contribution in [2.75, 3.05) is 32.7 Å². The van der Waals surface area contributed by atoms with E-state index < -0.39 is 17.7 Å². The van der Waals surface area contributed by atoms with Gasteiger partial charge in [-0.15, -0.1) is 0 Å². The van der Waals surface area contributed by atoms with Crippen LogP contribution in [0.25, 0.3) is 0 Å². The number of alkyl halides is 3. The Morgan fingerprint density at radius 1 is 1.38 bits per heavy atom. The second-order valence-electron chi connectivity index (χ2n) is 6.18. The van der Waals surface area contributed by atoms with Crippen LogP contribution in [-0.4, -0.2) is 50.7 Å². The van der Waals surface area contributed by atoms with Crippen molar-refractivity contribution >= 4 is 11.7 Å². The molecule has 8 heteroatoms. The van der Waals surface area contributed by atoms with E-state index in [2.05, 4.69) is 0 Å². The third-order valence-corrected chi connectivity index (χ3v) is 4.12. The molecular weight excluding hydrogens is 327 g/mol. The minimum Gasteiger partial charge on any atom is -0.493 e. The van der Waals surface area contributed by atoms with Crippen molar-refractivity contribution < 1.29 is 32.5 Å². The number of hydrogen-bond acceptors (Lipinski definition) is 5. The molecule has 1 fully saturated rings. The molecule has 0 atom stereocenters. The molecule has 0 unspecified atom stereocenters. The number of rotatable bonds is 5. The van der Waals surface area contributed by atoms with E-state index in [-0.39, 0.29) is 25.4 Å². The van der Waals surface area contributed by atoms with E-state index in [1.165, 1.54) is 13.2 Å². The van der Waals surface area contributed by atoms with E-state index in [0.29, 0.717) is 17.0 Å². The SMILES string of the molecule is COC(=O)c1cc(OCC2CC(O)(C(F)(F)F)C2)ccc1N(C)C. The van der Waals surface area contributed by atoms with Crippen molar-refractivity contribution in [1.29, 1.82) is 0 Å². The molecule has 1 N–H and O–H groups in total. The lowest BCUT2D eigenvalue weighted by Crippen LogP contribution is -2.56. The first kappa shape index (κ1) is 18.4. The van der Waals surface area contributed by atoms with Gasteiger partial charge in [0.15, 0.2) is 5.60 Å². The van der Waals surface area contributed by atoms with Crippen LogP contribution < -0.4 is 9.64 Å². The van der Waals surface area contributed by atoms with Crippen LogP contribution in [0.15, 0.2) is 18.2 Å². The molecule has 0 heterocycles. The van der Waals surface area contributed by atoms with Gasteiger partial charge >= 0.3 is 12.1 Å². The molecule has 1 saturated carbocycles. The molecule has 0 aliphatic heterocycles. The molecule has 0 amide bonds. The first-order valence-electron chi connectivity index (χ1n) is 7.39. The normalized spacial score (nSPS) is 23.4. The van der Waals surface area contributed by atoms with Gasteiger partial charge in [0, 0.05) is 14.1 Å². The summed E-state index contributed by atoms with van der Waals surface area (Å²) in [5.41, 5.74) is -1.66. The van der Waals surface area contributed by atoms with Crippen LogP contribution in [-0.2, 0) is 4.74 Å². The summed E-state index contributed by atoms with van der Waals surface area (Å²) in [6, 6.07) is 4.81. The lowest BCUT2D eigenvalue weighted by atomic mass is 9.71. The minimum atomic E-state index is -4.62. The summed E-state index contributed by atoms with van der Waals surface area (Å²) in [6.07, 6.45) is -5.37. The van der Waals surface area contributed by atoms with E-state index in [1.807, 2.05) is 0 Å². The highest BCUT2D eigenvalue weighted by atomic mass is 19.4. The number of halogens is 3. The number of carbonyl (C=O) groups excluding carboxylic acids is 1. The Morgan fingerprint density at radius 3 is 2.50 bits per heavy atom. The molecule has 1 aliphatic carbocycles. The van der Waals surface area contributed by atoms with Gasteiger partial charge in [-0.25, -0.2) is 4.79 Å². The molecule has 0 radical (unpaired) electrons. The van der Waals surface area contributed by atoms with Gasteiger partial charge in [-0.2, -0.15) is 13.2 Å². The largest absolute Gasteiger partial charge is 0.493 e. The number of anilines is 1. The molecular formula is C16H20F3NO4. The Balaban J connectivity index is 2.01.